The molecule has 0 aliphatic heterocycles. The van der Waals surface area contributed by atoms with E-state index in [0.717, 1.165) is 40.5 Å². The molecule has 0 aliphatic rings. The van der Waals surface area contributed by atoms with Crippen molar-refractivity contribution >= 4 is 39.1 Å². The maximum absolute atomic E-state index is 12.3. The van der Waals surface area contributed by atoms with Gasteiger partial charge in [-0.2, -0.15) is 0 Å². The van der Waals surface area contributed by atoms with Crippen LogP contribution in [-0.2, 0) is 9.53 Å². The molecule has 0 radical (unpaired) electrons. The Kier molecular flexibility index (Phi) is 6.47. The highest BCUT2D eigenvalue weighted by Crippen LogP contribution is 2.24. The van der Waals surface area contributed by atoms with E-state index < -0.39 is 0 Å². The van der Waals surface area contributed by atoms with Crippen LogP contribution in [-0.4, -0.2) is 23.6 Å². The van der Waals surface area contributed by atoms with E-state index in [4.69, 9.17) is 10.5 Å². The van der Waals surface area contributed by atoms with Crippen molar-refractivity contribution in [2.24, 2.45) is 5.92 Å². The predicted molar refractivity (Wildman–Crippen MR) is 116 cm³/mol. The first-order chi connectivity index (χ1) is 13.4. The summed E-state index contributed by atoms with van der Waals surface area (Å²) in [6.45, 7) is 7.12. The van der Waals surface area contributed by atoms with Gasteiger partial charge in [-0.1, -0.05) is 26.0 Å². The Balaban J connectivity index is 1.60. The first-order valence-corrected chi connectivity index (χ1v) is 9.92. The Hall–Kier alpha value is -2.66. The second-order valence-corrected chi connectivity index (χ2v) is 7.80. The van der Waals surface area contributed by atoms with Crippen LogP contribution in [0.15, 0.2) is 42.5 Å². The molecule has 1 atom stereocenters. The second kappa shape index (κ2) is 9.02. The minimum Gasteiger partial charge on any atom is -0.399 e. The topological polar surface area (TPSA) is 77.2 Å². The van der Waals surface area contributed by atoms with Crippen LogP contribution in [0.4, 0.5) is 11.4 Å². The molecule has 0 aliphatic carbocycles. The lowest BCUT2D eigenvalue weighted by Crippen LogP contribution is -2.16. The monoisotopic (exact) mass is 379 g/mol. The molecule has 5 heteroatoms. The number of pyridine rings is 1. The highest BCUT2D eigenvalue weighted by Gasteiger charge is 2.09. The summed E-state index contributed by atoms with van der Waals surface area (Å²) in [6.07, 6.45) is 2.27. The zero-order valence-electron chi connectivity index (χ0n) is 16.9. The van der Waals surface area contributed by atoms with E-state index in [0.29, 0.717) is 24.4 Å². The van der Waals surface area contributed by atoms with Gasteiger partial charge in [0.1, 0.15) is 0 Å². The molecule has 1 amide bonds. The van der Waals surface area contributed by atoms with Gasteiger partial charge in [0.05, 0.1) is 17.1 Å². The van der Waals surface area contributed by atoms with Crippen LogP contribution < -0.4 is 11.1 Å². The van der Waals surface area contributed by atoms with Crippen LogP contribution in [0, 0.1) is 5.92 Å². The molecule has 0 saturated carbocycles. The van der Waals surface area contributed by atoms with Gasteiger partial charge in [0.2, 0.25) is 5.91 Å². The molecule has 3 N–H and O–H groups in total. The average Bonchev–Trinajstić information content (AvgIpc) is 2.64. The van der Waals surface area contributed by atoms with Crippen LogP contribution in [0.1, 0.15) is 40.0 Å². The summed E-state index contributed by atoms with van der Waals surface area (Å²) >= 11 is 0. The lowest BCUT2D eigenvalue weighted by molar-refractivity contribution is -0.116. The Morgan fingerprint density at radius 3 is 2.50 bits per heavy atom. The molecule has 0 spiro atoms. The van der Waals surface area contributed by atoms with Crippen molar-refractivity contribution in [2.75, 3.05) is 17.7 Å². The first kappa shape index (κ1) is 20.1. The number of rotatable bonds is 8. The smallest absolute Gasteiger partial charge is 0.224 e. The molecular formula is C23H29N3O2. The van der Waals surface area contributed by atoms with Gasteiger partial charge in [-0.3, -0.25) is 4.79 Å². The summed E-state index contributed by atoms with van der Waals surface area (Å²) in [6, 6.07) is 13.6. The lowest BCUT2D eigenvalue weighted by atomic mass is 10.1. The van der Waals surface area contributed by atoms with Crippen molar-refractivity contribution in [3.05, 3.63) is 42.5 Å². The zero-order valence-corrected chi connectivity index (χ0v) is 16.9. The molecule has 0 bridgehead atoms. The minimum absolute atomic E-state index is 0.0105. The maximum atomic E-state index is 12.3. The SMILES string of the molecule is CC(C)CCOC(C)CCC(=O)Nc1ccc2cc3ccc(N)cc3nc2c1. The molecule has 1 heterocycles. The van der Waals surface area contributed by atoms with E-state index in [9.17, 15) is 4.79 Å². The summed E-state index contributed by atoms with van der Waals surface area (Å²) < 4.78 is 5.76. The van der Waals surface area contributed by atoms with E-state index in [1.807, 2.05) is 43.3 Å². The summed E-state index contributed by atoms with van der Waals surface area (Å²) in [5, 5.41) is 5.04. The van der Waals surface area contributed by atoms with Gasteiger partial charge in [-0.05, 0) is 56.0 Å². The minimum atomic E-state index is -0.0105. The van der Waals surface area contributed by atoms with Gasteiger partial charge in [0.25, 0.3) is 0 Å². The number of nitrogens with two attached hydrogens (primary N) is 1. The zero-order chi connectivity index (χ0) is 20.1. The van der Waals surface area contributed by atoms with Gasteiger partial charge >= 0.3 is 0 Å². The number of benzene rings is 2. The molecule has 0 fully saturated rings. The molecule has 5 nitrogen and oxygen atoms in total. The van der Waals surface area contributed by atoms with Gasteiger partial charge in [-0.15, -0.1) is 0 Å². The van der Waals surface area contributed by atoms with Crippen LogP contribution in [0.5, 0.6) is 0 Å². The van der Waals surface area contributed by atoms with Gasteiger partial charge < -0.3 is 15.8 Å². The van der Waals surface area contributed by atoms with Crippen LogP contribution >= 0.6 is 0 Å². The summed E-state index contributed by atoms with van der Waals surface area (Å²) in [7, 11) is 0. The van der Waals surface area contributed by atoms with Crippen molar-refractivity contribution in [3.8, 4) is 0 Å². The molecule has 3 rings (SSSR count). The number of ether oxygens (including phenoxy) is 1. The number of nitrogen functional groups attached to an aromatic ring is 1. The summed E-state index contributed by atoms with van der Waals surface area (Å²) in [5.74, 6) is 0.620. The van der Waals surface area contributed by atoms with E-state index in [-0.39, 0.29) is 12.0 Å². The summed E-state index contributed by atoms with van der Waals surface area (Å²) in [4.78, 5) is 17.0. The Morgan fingerprint density at radius 2 is 1.75 bits per heavy atom. The molecule has 0 saturated heterocycles. The predicted octanol–water partition coefficient (Wildman–Crippen LogP) is 5.14. The third-order valence-electron chi connectivity index (χ3n) is 4.80. The van der Waals surface area contributed by atoms with Gasteiger partial charge in [0, 0.05) is 35.2 Å². The van der Waals surface area contributed by atoms with Crippen molar-refractivity contribution in [3.63, 3.8) is 0 Å². The largest absolute Gasteiger partial charge is 0.399 e. The first-order valence-electron chi connectivity index (χ1n) is 9.92. The number of nitrogens with one attached hydrogen (secondary N) is 1. The number of anilines is 2. The fourth-order valence-corrected chi connectivity index (χ4v) is 3.06. The normalized spacial score (nSPS) is 12.6. The molecule has 1 aromatic heterocycles. The Bertz CT molecular complexity index is 969. The standard InChI is InChI=1S/C23H29N3O2/c1-15(2)10-11-28-16(3)4-9-23(27)25-20-8-6-18-12-17-5-7-19(24)13-21(17)26-22(18)14-20/h5-8,12-16H,4,9-11,24H2,1-3H3,(H,25,27). The molecule has 28 heavy (non-hydrogen) atoms. The lowest BCUT2D eigenvalue weighted by Gasteiger charge is -2.14. The van der Waals surface area contributed by atoms with E-state index in [2.05, 4.69) is 30.2 Å². The van der Waals surface area contributed by atoms with Gasteiger partial charge in [0.15, 0.2) is 0 Å². The average molecular weight is 380 g/mol. The third-order valence-corrected chi connectivity index (χ3v) is 4.80. The highest BCUT2D eigenvalue weighted by atomic mass is 16.5. The quantitative estimate of drug-likeness (QED) is 0.420. The molecule has 2 aromatic carbocycles. The van der Waals surface area contributed by atoms with E-state index >= 15 is 0 Å². The molecule has 1 unspecified atom stereocenters. The number of carbonyl (C=O) groups excluding carboxylic acids is 1. The number of aromatic nitrogens is 1. The number of nitrogens with zero attached hydrogens (tertiary/aromatic N) is 1. The number of fused-ring (bicyclic) bond motifs is 2. The Morgan fingerprint density at radius 1 is 1.04 bits per heavy atom. The Labute approximate surface area is 166 Å². The number of hydrogen-bond acceptors (Lipinski definition) is 4. The number of hydrogen-bond donors (Lipinski definition) is 2. The number of carbonyl (C=O) groups is 1. The summed E-state index contributed by atoms with van der Waals surface area (Å²) in [5.41, 5.74) is 8.98. The van der Waals surface area contributed by atoms with Crippen LogP contribution in [0.3, 0.4) is 0 Å². The van der Waals surface area contributed by atoms with Crippen molar-refractivity contribution in [2.45, 2.75) is 46.1 Å². The van der Waals surface area contributed by atoms with Crippen LogP contribution in [0.25, 0.3) is 21.8 Å². The molecular weight excluding hydrogens is 350 g/mol. The fourth-order valence-electron chi connectivity index (χ4n) is 3.06. The van der Waals surface area contributed by atoms with Crippen molar-refractivity contribution in [1.29, 1.82) is 0 Å². The molecule has 3 aromatic rings. The number of amides is 1. The maximum Gasteiger partial charge on any atom is 0.224 e. The van der Waals surface area contributed by atoms with Crippen molar-refractivity contribution < 1.29 is 9.53 Å². The van der Waals surface area contributed by atoms with E-state index in [1.165, 1.54) is 0 Å². The van der Waals surface area contributed by atoms with E-state index in [1.54, 1.807) is 0 Å². The van der Waals surface area contributed by atoms with Crippen LogP contribution in [0.2, 0.25) is 0 Å². The van der Waals surface area contributed by atoms with Crippen molar-refractivity contribution in [1.82, 2.24) is 4.98 Å². The third kappa shape index (κ3) is 5.42. The second-order valence-electron chi connectivity index (χ2n) is 7.80. The molecule has 148 valence electrons. The van der Waals surface area contributed by atoms with Gasteiger partial charge in [-0.25, -0.2) is 4.98 Å². The fraction of sp³-hybridized carbons (Fsp3) is 0.391. The highest BCUT2D eigenvalue weighted by molar-refractivity contribution is 5.97.